The zero-order chi connectivity index (χ0) is 19.8. The van der Waals surface area contributed by atoms with E-state index in [0.29, 0.717) is 5.92 Å². The fourth-order valence-corrected chi connectivity index (χ4v) is 4.07. The van der Waals surface area contributed by atoms with Crippen LogP contribution < -0.4 is 10.6 Å². The van der Waals surface area contributed by atoms with Crippen LogP contribution in [0.15, 0.2) is 29.3 Å². The van der Waals surface area contributed by atoms with Gasteiger partial charge in [0.1, 0.15) is 5.82 Å². The van der Waals surface area contributed by atoms with Gasteiger partial charge in [0.2, 0.25) is 0 Å². The van der Waals surface area contributed by atoms with Gasteiger partial charge in [0.15, 0.2) is 5.96 Å². The lowest BCUT2D eigenvalue weighted by Gasteiger charge is -2.15. The first-order chi connectivity index (χ1) is 13.7. The number of nitrogens with zero attached hydrogens (tertiary/aromatic N) is 4. The number of imidazole rings is 1. The Balaban J connectivity index is 1.46. The lowest BCUT2D eigenvalue weighted by atomic mass is 10.1. The summed E-state index contributed by atoms with van der Waals surface area (Å²) in [6, 6.07) is 8.36. The number of hydrogen-bond acceptors (Lipinski definition) is 3. The number of benzene rings is 1. The van der Waals surface area contributed by atoms with Crippen molar-refractivity contribution in [2.75, 3.05) is 39.3 Å². The Morgan fingerprint density at radius 3 is 2.89 bits per heavy atom. The van der Waals surface area contributed by atoms with Crippen molar-refractivity contribution in [3.63, 3.8) is 0 Å². The maximum absolute atomic E-state index is 4.84. The summed E-state index contributed by atoms with van der Waals surface area (Å²) in [5.41, 5.74) is 2.30. The molecule has 1 fully saturated rings. The number of aryl methyl sites for hydroxylation is 2. The second kappa shape index (κ2) is 10.5. The molecular formula is C22H36N6. The summed E-state index contributed by atoms with van der Waals surface area (Å²) in [5, 5.41) is 6.89. The summed E-state index contributed by atoms with van der Waals surface area (Å²) in [5.74, 6) is 2.73. The average molecular weight is 385 g/mol. The van der Waals surface area contributed by atoms with Gasteiger partial charge in [0, 0.05) is 32.7 Å². The lowest BCUT2D eigenvalue weighted by Crippen LogP contribution is -2.38. The van der Waals surface area contributed by atoms with Crippen LogP contribution in [0.2, 0.25) is 0 Å². The summed E-state index contributed by atoms with van der Waals surface area (Å²) in [6.45, 7) is 13.8. The molecule has 0 amide bonds. The summed E-state index contributed by atoms with van der Waals surface area (Å²) in [4.78, 5) is 12.1. The molecule has 3 rings (SSSR count). The second-order valence-electron chi connectivity index (χ2n) is 7.75. The molecule has 0 saturated carbocycles. The third-order valence-corrected chi connectivity index (χ3v) is 5.46. The van der Waals surface area contributed by atoms with Crippen LogP contribution in [0.4, 0.5) is 0 Å². The SMILES string of the molecule is CCCN1CCC(CN=C(NCC)NCCCn2c(C)nc3ccccc32)C1. The molecule has 154 valence electrons. The van der Waals surface area contributed by atoms with E-state index in [1.54, 1.807) is 0 Å². The number of nitrogens with one attached hydrogen (secondary N) is 2. The van der Waals surface area contributed by atoms with Crippen LogP contribution in [0.5, 0.6) is 0 Å². The smallest absolute Gasteiger partial charge is 0.191 e. The molecule has 6 nitrogen and oxygen atoms in total. The molecule has 6 heteroatoms. The van der Waals surface area contributed by atoms with Crippen LogP contribution in [-0.2, 0) is 6.54 Å². The molecule has 0 radical (unpaired) electrons. The third kappa shape index (κ3) is 5.47. The predicted molar refractivity (Wildman–Crippen MR) is 118 cm³/mol. The minimum atomic E-state index is 0.696. The number of aliphatic imine (C=N–C) groups is 1. The topological polar surface area (TPSA) is 57.5 Å². The molecule has 0 aliphatic carbocycles. The highest BCUT2D eigenvalue weighted by Crippen LogP contribution is 2.17. The zero-order valence-electron chi connectivity index (χ0n) is 17.7. The van der Waals surface area contributed by atoms with Crippen LogP contribution in [0.3, 0.4) is 0 Å². The molecule has 2 heterocycles. The minimum Gasteiger partial charge on any atom is -0.357 e. The van der Waals surface area contributed by atoms with E-state index in [-0.39, 0.29) is 0 Å². The number of para-hydroxylation sites is 2. The Bertz CT molecular complexity index is 765. The van der Waals surface area contributed by atoms with Crippen LogP contribution in [-0.4, -0.2) is 59.7 Å². The Morgan fingerprint density at radius 2 is 2.07 bits per heavy atom. The monoisotopic (exact) mass is 384 g/mol. The van der Waals surface area contributed by atoms with Crippen LogP contribution in [0.1, 0.15) is 38.9 Å². The van der Waals surface area contributed by atoms with Crippen molar-refractivity contribution in [2.24, 2.45) is 10.9 Å². The molecule has 1 saturated heterocycles. The number of rotatable bonds is 9. The maximum atomic E-state index is 4.84. The molecule has 1 aliphatic rings. The largest absolute Gasteiger partial charge is 0.357 e. The van der Waals surface area contributed by atoms with E-state index in [9.17, 15) is 0 Å². The van der Waals surface area contributed by atoms with Crippen LogP contribution in [0, 0.1) is 12.8 Å². The summed E-state index contributed by atoms with van der Waals surface area (Å²) in [7, 11) is 0. The molecule has 1 aromatic carbocycles. The van der Waals surface area contributed by atoms with Crippen molar-refractivity contribution in [1.82, 2.24) is 25.1 Å². The number of fused-ring (bicyclic) bond motifs is 1. The first kappa shape index (κ1) is 20.6. The lowest BCUT2D eigenvalue weighted by molar-refractivity contribution is 0.326. The number of aromatic nitrogens is 2. The maximum Gasteiger partial charge on any atom is 0.191 e. The third-order valence-electron chi connectivity index (χ3n) is 5.46. The number of likely N-dealkylation sites (tertiary alicyclic amines) is 1. The molecule has 0 spiro atoms. The summed E-state index contributed by atoms with van der Waals surface area (Å²) < 4.78 is 2.31. The van der Waals surface area contributed by atoms with E-state index in [1.165, 1.54) is 38.0 Å². The van der Waals surface area contributed by atoms with Crippen molar-refractivity contribution >= 4 is 17.0 Å². The first-order valence-corrected chi connectivity index (χ1v) is 10.9. The van der Waals surface area contributed by atoms with Gasteiger partial charge in [-0.25, -0.2) is 4.98 Å². The van der Waals surface area contributed by atoms with Gasteiger partial charge in [-0.1, -0.05) is 19.1 Å². The van der Waals surface area contributed by atoms with Gasteiger partial charge < -0.3 is 20.1 Å². The number of hydrogen-bond donors (Lipinski definition) is 2. The Hall–Kier alpha value is -2.08. The second-order valence-corrected chi connectivity index (χ2v) is 7.75. The standard InChI is InChI=1S/C22H36N6/c1-4-13-27-15-11-19(17-27)16-25-22(23-5-2)24-12-8-14-28-18(3)26-20-9-6-7-10-21(20)28/h6-7,9-10,19H,4-5,8,11-17H2,1-3H3,(H2,23,24,25). The highest BCUT2D eigenvalue weighted by Gasteiger charge is 2.21. The Morgan fingerprint density at radius 1 is 1.21 bits per heavy atom. The normalized spacial score (nSPS) is 18.1. The molecule has 1 aromatic heterocycles. The minimum absolute atomic E-state index is 0.696. The molecule has 28 heavy (non-hydrogen) atoms. The van der Waals surface area contributed by atoms with E-state index in [0.717, 1.165) is 49.9 Å². The molecule has 1 unspecified atom stereocenters. The predicted octanol–water partition coefficient (Wildman–Crippen LogP) is 3.02. The first-order valence-electron chi connectivity index (χ1n) is 10.9. The van der Waals surface area contributed by atoms with E-state index in [1.807, 2.05) is 6.07 Å². The van der Waals surface area contributed by atoms with E-state index in [2.05, 4.69) is 64.1 Å². The van der Waals surface area contributed by atoms with Crippen molar-refractivity contribution < 1.29 is 0 Å². The van der Waals surface area contributed by atoms with Gasteiger partial charge in [-0.2, -0.15) is 0 Å². The summed E-state index contributed by atoms with van der Waals surface area (Å²) in [6.07, 6.45) is 3.56. The molecule has 1 atom stereocenters. The molecule has 2 N–H and O–H groups in total. The zero-order valence-corrected chi connectivity index (χ0v) is 17.7. The highest BCUT2D eigenvalue weighted by atomic mass is 15.2. The molecule has 1 aliphatic heterocycles. The van der Waals surface area contributed by atoms with Crippen molar-refractivity contribution in [2.45, 2.75) is 46.6 Å². The molecular weight excluding hydrogens is 348 g/mol. The molecule has 2 aromatic rings. The van der Waals surface area contributed by atoms with Gasteiger partial charge in [0.25, 0.3) is 0 Å². The number of guanidine groups is 1. The fourth-order valence-electron chi connectivity index (χ4n) is 4.07. The summed E-state index contributed by atoms with van der Waals surface area (Å²) >= 11 is 0. The van der Waals surface area contributed by atoms with Crippen LogP contribution in [0.25, 0.3) is 11.0 Å². The van der Waals surface area contributed by atoms with Gasteiger partial charge in [-0.15, -0.1) is 0 Å². The van der Waals surface area contributed by atoms with Crippen molar-refractivity contribution in [3.8, 4) is 0 Å². The Labute approximate surface area is 169 Å². The van der Waals surface area contributed by atoms with Crippen molar-refractivity contribution in [3.05, 3.63) is 30.1 Å². The van der Waals surface area contributed by atoms with Crippen LogP contribution >= 0.6 is 0 Å². The average Bonchev–Trinajstić information content (AvgIpc) is 3.27. The Kier molecular flexibility index (Phi) is 7.71. The van der Waals surface area contributed by atoms with Gasteiger partial charge >= 0.3 is 0 Å². The van der Waals surface area contributed by atoms with E-state index in [4.69, 9.17) is 4.99 Å². The van der Waals surface area contributed by atoms with Gasteiger partial charge in [-0.3, -0.25) is 4.99 Å². The van der Waals surface area contributed by atoms with Crippen molar-refractivity contribution in [1.29, 1.82) is 0 Å². The van der Waals surface area contributed by atoms with E-state index < -0.39 is 0 Å². The highest BCUT2D eigenvalue weighted by molar-refractivity contribution is 5.79. The fraction of sp³-hybridized carbons (Fsp3) is 0.636. The molecule has 0 bridgehead atoms. The quantitative estimate of drug-likeness (QED) is 0.396. The van der Waals surface area contributed by atoms with Gasteiger partial charge in [-0.05, 0) is 64.3 Å². The van der Waals surface area contributed by atoms with E-state index >= 15 is 0 Å². The van der Waals surface area contributed by atoms with Gasteiger partial charge in [0.05, 0.1) is 11.0 Å².